The number of alkyl carbamates (subject to hydrolysis) is 1. The molecule has 1 aromatic rings. The number of fused-ring (bicyclic) bond motifs is 1. The van der Waals surface area contributed by atoms with Crippen LogP contribution in [0.1, 0.15) is 38.3 Å². The standard InChI is InChI=1S/C15H18ClNO4/c1-14(2,3)21-13(20)17-15(12(18)19)7-6-9-4-5-10(16)8-11(9)15/h4-5,8H,6-7H2,1-3H3,(H,17,20)(H,18,19). The molecule has 21 heavy (non-hydrogen) atoms. The van der Waals surface area contributed by atoms with E-state index in [1.54, 1.807) is 39.0 Å². The predicted octanol–water partition coefficient (Wildman–Crippen LogP) is 3.09. The number of carbonyl (C=O) groups is 2. The van der Waals surface area contributed by atoms with E-state index in [-0.39, 0.29) is 6.42 Å². The van der Waals surface area contributed by atoms with Crippen LogP contribution >= 0.6 is 11.6 Å². The van der Waals surface area contributed by atoms with Gasteiger partial charge in [0.25, 0.3) is 0 Å². The number of carbonyl (C=O) groups excluding carboxylic acids is 1. The Hall–Kier alpha value is -1.75. The second kappa shape index (κ2) is 5.22. The fourth-order valence-corrected chi connectivity index (χ4v) is 2.68. The summed E-state index contributed by atoms with van der Waals surface area (Å²) in [5, 5.41) is 12.6. The quantitative estimate of drug-likeness (QED) is 0.880. The minimum absolute atomic E-state index is 0.275. The van der Waals surface area contributed by atoms with Crippen molar-refractivity contribution in [3.63, 3.8) is 0 Å². The van der Waals surface area contributed by atoms with Crippen molar-refractivity contribution in [2.45, 2.75) is 44.8 Å². The summed E-state index contributed by atoms with van der Waals surface area (Å²) in [4.78, 5) is 23.8. The average molecular weight is 312 g/mol. The summed E-state index contributed by atoms with van der Waals surface area (Å²) in [5.74, 6) is -1.12. The molecule has 1 atom stereocenters. The summed E-state index contributed by atoms with van der Waals surface area (Å²) in [5.41, 5.74) is -0.784. The van der Waals surface area contributed by atoms with Gasteiger partial charge in [0.2, 0.25) is 0 Å². The lowest BCUT2D eigenvalue weighted by molar-refractivity contribution is -0.145. The second-order valence-electron chi connectivity index (χ2n) is 6.14. The molecule has 1 aliphatic rings. The largest absolute Gasteiger partial charge is 0.479 e. The zero-order valence-electron chi connectivity index (χ0n) is 12.2. The molecule has 0 aromatic heterocycles. The Morgan fingerprint density at radius 1 is 1.38 bits per heavy atom. The van der Waals surface area contributed by atoms with Crippen LogP contribution in [0, 0.1) is 0 Å². The van der Waals surface area contributed by atoms with E-state index in [4.69, 9.17) is 16.3 Å². The molecule has 0 bridgehead atoms. The number of hydrogen-bond acceptors (Lipinski definition) is 3. The van der Waals surface area contributed by atoms with Crippen molar-refractivity contribution >= 4 is 23.7 Å². The van der Waals surface area contributed by atoms with E-state index >= 15 is 0 Å². The molecule has 0 heterocycles. The Morgan fingerprint density at radius 3 is 2.62 bits per heavy atom. The van der Waals surface area contributed by atoms with Gasteiger partial charge in [-0.25, -0.2) is 9.59 Å². The van der Waals surface area contributed by atoms with Gasteiger partial charge in [-0.15, -0.1) is 0 Å². The molecule has 0 saturated carbocycles. The summed E-state index contributed by atoms with van der Waals surface area (Å²) in [7, 11) is 0. The molecule has 2 rings (SSSR count). The zero-order chi connectivity index (χ0) is 15.8. The topological polar surface area (TPSA) is 75.6 Å². The maximum Gasteiger partial charge on any atom is 0.408 e. The van der Waals surface area contributed by atoms with Crippen LogP contribution in [0.25, 0.3) is 0 Å². The van der Waals surface area contributed by atoms with Crippen molar-refractivity contribution < 1.29 is 19.4 Å². The molecule has 2 N–H and O–H groups in total. The Morgan fingerprint density at radius 2 is 2.05 bits per heavy atom. The molecule has 114 valence electrons. The number of amides is 1. The van der Waals surface area contributed by atoms with E-state index in [2.05, 4.69) is 5.32 Å². The maximum atomic E-state index is 12.0. The average Bonchev–Trinajstić information content (AvgIpc) is 2.66. The first kappa shape index (κ1) is 15.6. The van der Waals surface area contributed by atoms with Gasteiger partial charge in [0.1, 0.15) is 5.60 Å². The first-order chi connectivity index (χ1) is 9.64. The highest BCUT2D eigenvalue weighted by molar-refractivity contribution is 6.30. The number of hydrogen-bond donors (Lipinski definition) is 2. The third-order valence-corrected chi connectivity index (χ3v) is 3.62. The fourth-order valence-electron chi connectivity index (χ4n) is 2.50. The Kier molecular flexibility index (Phi) is 3.89. The number of carboxylic acid groups (broad SMARTS) is 1. The lowest BCUT2D eigenvalue weighted by atomic mass is 9.92. The van der Waals surface area contributed by atoms with Crippen LogP contribution in [0.15, 0.2) is 18.2 Å². The number of ether oxygens (including phenoxy) is 1. The van der Waals surface area contributed by atoms with Gasteiger partial charge in [0.15, 0.2) is 5.54 Å². The lowest BCUT2D eigenvalue weighted by Gasteiger charge is -2.29. The maximum absolute atomic E-state index is 12.0. The molecule has 0 spiro atoms. The molecule has 0 fully saturated rings. The molecular formula is C15H18ClNO4. The molecule has 1 aliphatic carbocycles. The highest BCUT2D eigenvalue weighted by Gasteiger charge is 2.47. The normalized spacial score (nSPS) is 20.8. The number of rotatable bonds is 2. The summed E-state index contributed by atoms with van der Waals surface area (Å²) in [6, 6.07) is 5.10. The van der Waals surface area contributed by atoms with Crippen LogP contribution in [-0.2, 0) is 21.5 Å². The van der Waals surface area contributed by atoms with E-state index in [1.165, 1.54) is 0 Å². The number of halogens is 1. The van der Waals surface area contributed by atoms with Crippen LogP contribution in [0.4, 0.5) is 4.79 Å². The van der Waals surface area contributed by atoms with Crippen LogP contribution in [0.2, 0.25) is 5.02 Å². The third-order valence-electron chi connectivity index (χ3n) is 3.38. The van der Waals surface area contributed by atoms with E-state index in [0.29, 0.717) is 17.0 Å². The molecule has 0 radical (unpaired) electrons. The molecule has 1 aromatic carbocycles. The first-order valence-corrected chi connectivity index (χ1v) is 7.05. The molecule has 0 aliphatic heterocycles. The number of carboxylic acids is 1. The lowest BCUT2D eigenvalue weighted by Crippen LogP contribution is -2.51. The predicted molar refractivity (Wildman–Crippen MR) is 78.5 cm³/mol. The molecule has 6 heteroatoms. The van der Waals surface area contributed by atoms with Crippen molar-refractivity contribution in [2.24, 2.45) is 0 Å². The van der Waals surface area contributed by atoms with Gasteiger partial charge >= 0.3 is 12.1 Å². The first-order valence-electron chi connectivity index (χ1n) is 6.67. The minimum Gasteiger partial charge on any atom is -0.479 e. The van der Waals surface area contributed by atoms with Crippen LogP contribution < -0.4 is 5.32 Å². The smallest absolute Gasteiger partial charge is 0.408 e. The molecule has 0 saturated heterocycles. The highest BCUT2D eigenvalue weighted by Crippen LogP contribution is 2.38. The molecular weight excluding hydrogens is 294 g/mol. The van der Waals surface area contributed by atoms with Gasteiger partial charge in [-0.3, -0.25) is 0 Å². The van der Waals surface area contributed by atoms with Gasteiger partial charge in [-0.2, -0.15) is 0 Å². The summed E-state index contributed by atoms with van der Waals surface area (Å²) in [6.07, 6.45) is 0.0870. The molecule has 1 amide bonds. The van der Waals surface area contributed by atoms with Crippen molar-refractivity contribution in [3.05, 3.63) is 34.3 Å². The van der Waals surface area contributed by atoms with Crippen molar-refractivity contribution in [3.8, 4) is 0 Å². The van der Waals surface area contributed by atoms with Crippen molar-refractivity contribution in [2.75, 3.05) is 0 Å². The molecule has 5 nitrogen and oxygen atoms in total. The second-order valence-corrected chi connectivity index (χ2v) is 6.58. The Labute approximate surface area is 128 Å². The van der Waals surface area contributed by atoms with Gasteiger partial charge in [-0.1, -0.05) is 17.7 Å². The van der Waals surface area contributed by atoms with Crippen LogP contribution in [-0.4, -0.2) is 22.8 Å². The van der Waals surface area contributed by atoms with Gasteiger partial charge in [0, 0.05) is 5.02 Å². The third kappa shape index (κ3) is 3.13. The van der Waals surface area contributed by atoms with E-state index < -0.39 is 23.2 Å². The Balaban J connectivity index is 2.35. The highest BCUT2D eigenvalue weighted by atomic mass is 35.5. The van der Waals surface area contributed by atoms with Gasteiger partial charge in [0.05, 0.1) is 0 Å². The summed E-state index contributed by atoms with van der Waals surface area (Å²) in [6.45, 7) is 5.17. The number of aliphatic carboxylic acids is 1. The zero-order valence-corrected chi connectivity index (χ0v) is 13.0. The SMILES string of the molecule is CC(C)(C)OC(=O)NC1(C(=O)O)CCc2ccc(Cl)cc21. The summed E-state index contributed by atoms with van der Waals surface area (Å²) >= 11 is 5.96. The van der Waals surface area contributed by atoms with E-state index in [1.807, 2.05) is 0 Å². The monoisotopic (exact) mass is 311 g/mol. The van der Waals surface area contributed by atoms with Crippen molar-refractivity contribution in [1.29, 1.82) is 0 Å². The Bertz CT molecular complexity index is 594. The van der Waals surface area contributed by atoms with Crippen molar-refractivity contribution in [1.82, 2.24) is 5.32 Å². The van der Waals surface area contributed by atoms with Gasteiger partial charge in [-0.05, 0) is 56.9 Å². The van der Waals surface area contributed by atoms with Crippen LogP contribution in [0.3, 0.4) is 0 Å². The minimum atomic E-state index is -1.48. The number of aryl methyl sites for hydroxylation is 1. The van der Waals surface area contributed by atoms with Gasteiger partial charge < -0.3 is 15.2 Å². The summed E-state index contributed by atoms with van der Waals surface area (Å²) < 4.78 is 5.17. The van der Waals surface area contributed by atoms with Crippen LogP contribution in [0.5, 0.6) is 0 Å². The molecule has 1 unspecified atom stereocenters. The number of benzene rings is 1. The number of nitrogens with one attached hydrogen (secondary N) is 1. The fraction of sp³-hybridized carbons (Fsp3) is 0.467. The van der Waals surface area contributed by atoms with E-state index in [9.17, 15) is 14.7 Å². The van der Waals surface area contributed by atoms with E-state index in [0.717, 1.165) is 5.56 Å².